The Balaban J connectivity index is 2.11. The molecule has 2 unspecified atom stereocenters. The Labute approximate surface area is 123 Å². The van der Waals surface area contributed by atoms with Gasteiger partial charge in [-0.2, -0.15) is 0 Å². The molecule has 0 aliphatic carbocycles. The first-order valence-corrected chi connectivity index (χ1v) is 6.79. The van der Waals surface area contributed by atoms with E-state index in [1.54, 1.807) is 31.2 Å². The number of halogens is 2. The maximum atomic E-state index is 13.3. The van der Waals surface area contributed by atoms with E-state index in [2.05, 4.69) is 0 Å². The van der Waals surface area contributed by atoms with Crippen molar-refractivity contribution in [1.29, 1.82) is 0 Å². The highest BCUT2D eigenvalue weighted by Gasteiger charge is 2.17. The van der Waals surface area contributed by atoms with E-state index in [4.69, 9.17) is 22.1 Å². The summed E-state index contributed by atoms with van der Waals surface area (Å²) in [6.07, 6.45) is -0.252. The predicted octanol–water partition coefficient (Wildman–Crippen LogP) is 4.25. The first kappa shape index (κ1) is 14.8. The molecule has 2 N–H and O–H groups in total. The fraction of sp³-hybridized carbons (Fsp3) is 0.250. The minimum absolute atomic E-state index is 0.232. The summed E-state index contributed by atoms with van der Waals surface area (Å²) in [6, 6.07) is 11.7. The molecular formula is C16H17ClFNO. The molecule has 0 amide bonds. The molecule has 4 heteroatoms. The Morgan fingerprint density at radius 2 is 1.95 bits per heavy atom. The van der Waals surface area contributed by atoms with E-state index in [1.807, 2.05) is 19.1 Å². The average Bonchev–Trinajstić information content (AvgIpc) is 2.41. The molecule has 0 saturated carbocycles. The number of aryl methyl sites for hydroxylation is 1. The predicted molar refractivity (Wildman–Crippen MR) is 79.6 cm³/mol. The lowest BCUT2D eigenvalue weighted by atomic mass is 10.0. The number of ether oxygens (including phenoxy) is 1. The number of hydrogen-bond acceptors (Lipinski definition) is 2. The highest BCUT2D eigenvalue weighted by atomic mass is 35.5. The molecule has 0 aliphatic rings. The second kappa shape index (κ2) is 6.25. The fourth-order valence-electron chi connectivity index (χ4n) is 1.97. The van der Waals surface area contributed by atoms with Gasteiger partial charge in [0.2, 0.25) is 0 Å². The topological polar surface area (TPSA) is 35.2 Å². The van der Waals surface area contributed by atoms with Crippen LogP contribution in [0.15, 0.2) is 42.5 Å². The van der Waals surface area contributed by atoms with Gasteiger partial charge in [0.15, 0.2) is 0 Å². The molecule has 2 atom stereocenters. The summed E-state index contributed by atoms with van der Waals surface area (Å²) >= 11 is 5.91. The summed E-state index contributed by atoms with van der Waals surface area (Å²) in [4.78, 5) is 0. The van der Waals surface area contributed by atoms with Crippen LogP contribution in [0.1, 0.15) is 24.1 Å². The van der Waals surface area contributed by atoms with Crippen LogP contribution < -0.4 is 10.5 Å². The largest absolute Gasteiger partial charge is 0.489 e. The van der Waals surface area contributed by atoms with E-state index < -0.39 is 0 Å². The van der Waals surface area contributed by atoms with Gasteiger partial charge in [-0.05, 0) is 49.2 Å². The van der Waals surface area contributed by atoms with Crippen molar-refractivity contribution >= 4 is 11.6 Å². The summed E-state index contributed by atoms with van der Waals surface area (Å²) in [5, 5.41) is 0.612. The summed E-state index contributed by atoms with van der Waals surface area (Å²) in [5.74, 6) is 0.434. The monoisotopic (exact) mass is 293 g/mol. The zero-order valence-corrected chi connectivity index (χ0v) is 12.2. The lowest BCUT2D eigenvalue weighted by Gasteiger charge is -2.22. The quantitative estimate of drug-likeness (QED) is 0.914. The second-order valence-electron chi connectivity index (χ2n) is 4.81. The highest BCUT2D eigenvalue weighted by Crippen LogP contribution is 2.23. The van der Waals surface area contributed by atoms with Crippen LogP contribution in [0.5, 0.6) is 5.75 Å². The Morgan fingerprint density at radius 1 is 1.20 bits per heavy atom. The highest BCUT2D eigenvalue weighted by molar-refractivity contribution is 6.30. The third-order valence-electron chi connectivity index (χ3n) is 3.19. The van der Waals surface area contributed by atoms with Crippen LogP contribution in [0.4, 0.5) is 4.39 Å². The maximum absolute atomic E-state index is 13.3. The van der Waals surface area contributed by atoms with Gasteiger partial charge in [0, 0.05) is 5.02 Å². The zero-order chi connectivity index (χ0) is 14.7. The zero-order valence-electron chi connectivity index (χ0n) is 11.4. The van der Waals surface area contributed by atoms with Gasteiger partial charge in [0.1, 0.15) is 17.7 Å². The van der Waals surface area contributed by atoms with Gasteiger partial charge in [-0.15, -0.1) is 0 Å². The summed E-state index contributed by atoms with van der Waals surface area (Å²) in [7, 11) is 0. The van der Waals surface area contributed by atoms with Crippen LogP contribution in [-0.4, -0.2) is 6.10 Å². The number of rotatable bonds is 4. The fourth-order valence-corrected chi connectivity index (χ4v) is 2.15. The van der Waals surface area contributed by atoms with Gasteiger partial charge in [-0.3, -0.25) is 0 Å². The number of benzene rings is 2. The van der Waals surface area contributed by atoms with Crippen LogP contribution in [0.3, 0.4) is 0 Å². The first-order valence-electron chi connectivity index (χ1n) is 6.41. The molecule has 0 heterocycles. The molecule has 0 fully saturated rings. The van der Waals surface area contributed by atoms with Gasteiger partial charge < -0.3 is 10.5 Å². The summed E-state index contributed by atoms with van der Waals surface area (Å²) in [5.41, 5.74) is 7.59. The molecule has 2 nitrogen and oxygen atoms in total. The molecule has 2 aromatic carbocycles. The minimum atomic E-state index is -0.340. The van der Waals surface area contributed by atoms with Crippen molar-refractivity contribution in [2.45, 2.75) is 26.0 Å². The average molecular weight is 294 g/mol. The lowest BCUT2D eigenvalue weighted by molar-refractivity contribution is 0.190. The van der Waals surface area contributed by atoms with E-state index in [9.17, 15) is 4.39 Å². The Bertz CT molecular complexity index is 603. The molecule has 0 bridgehead atoms. The molecule has 2 aromatic rings. The van der Waals surface area contributed by atoms with Crippen molar-refractivity contribution in [2.75, 3.05) is 0 Å². The standard InChI is InChI=1S/C16H17ClFNO/c1-10-8-12(6-7-15(10)18)16(19)11(2)20-14-5-3-4-13(17)9-14/h3-9,11,16H,19H2,1-2H3. The molecule has 0 saturated heterocycles. The van der Waals surface area contributed by atoms with Crippen LogP contribution in [0, 0.1) is 12.7 Å². The molecule has 2 rings (SSSR count). The van der Waals surface area contributed by atoms with Gasteiger partial charge in [-0.25, -0.2) is 4.39 Å². The molecule has 0 aromatic heterocycles. The smallest absolute Gasteiger partial charge is 0.126 e. The van der Waals surface area contributed by atoms with Crippen LogP contribution in [0.2, 0.25) is 5.02 Å². The second-order valence-corrected chi connectivity index (χ2v) is 5.25. The maximum Gasteiger partial charge on any atom is 0.126 e. The van der Waals surface area contributed by atoms with E-state index in [0.717, 1.165) is 5.56 Å². The Morgan fingerprint density at radius 3 is 2.60 bits per heavy atom. The minimum Gasteiger partial charge on any atom is -0.489 e. The number of nitrogens with two attached hydrogens (primary N) is 1. The molecule has 0 spiro atoms. The van der Waals surface area contributed by atoms with Crippen LogP contribution >= 0.6 is 11.6 Å². The number of hydrogen-bond donors (Lipinski definition) is 1. The van der Waals surface area contributed by atoms with E-state index in [0.29, 0.717) is 16.3 Å². The molecule has 0 aliphatic heterocycles. The van der Waals surface area contributed by atoms with Crippen LogP contribution in [-0.2, 0) is 0 Å². The van der Waals surface area contributed by atoms with Gasteiger partial charge >= 0.3 is 0 Å². The third kappa shape index (κ3) is 3.50. The van der Waals surface area contributed by atoms with E-state index in [-0.39, 0.29) is 18.0 Å². The van der Waals surface area contributed by atoms with Gasteiger partial charge in [-0.1, -0.05) is 29.8 Å². The Hall–Kier alpha value is -1.58. The van der Waals surface area contributed by atoms with E-state index in [1.165, 1.54) is 6.07 Å². The molecule has 20 heavy (non-hydrogen) atoms. The van der Waals surface area contributed by atoms with Crippen molar-refractivity contribution in [3.63, 3.8) is 0 Å². The molecule has 106 valence electrons. The first-order chi connectivity index (χ1) is 9.47. The van der Waals surface area contributed by atoms with Gasteiger partial charge in [0.25, 0.3) is 0 Å². The van der Waals surface area contributed by atoms with Crippen molar-refractivity contribution in [1.82, 2.24) is 0 Å². The molecular weight excluding hydrogens is 277 g/mol. The van der Waals surface area contributed by atoms with E-state index >= 15 is 0 Å². The van der Waals surface area contributed by atoms with Crippen molar-refractivity contribution in [2.24, 2.45) is 5.73 Å². The Kier molecular flexibility index (Phi) is 4.63. The molecule has 0 radical (unpaired) electrons. The third-order valence-corrected chi connectivity index (χ3v) is 3.43. The summed E-state index contributed by atoms with van der Waals surface area (Å²) < 4.78 is 19.0. The summed E-state index contributed by atoms with van der Waals surface area (Å²) in [6.45, 7) is 3.60. The SMILES string of the molecule is Cc1cc(C(N)C(C)Oc2cccc(Cl)c2)ccc1F. The normalized spacial score (nSPS) is 13.8. The van der Waals surface area contributed by atoms with Crippen molar-refractivity contribution in [3.05, 3.63) is 64.4 Å². The van der Waals surface area contributed by atoms with Crippen molar-refractivity contribution in [3.8, 4) is 5.75 Å². The van der Waals surface area contributed by atoms with Gasteiger partial charge in [0.05, 0.1) is 6.04 Å². The van der Waals surface area contributed by atoms with Crippen LogP contribution in [0.25, 0.3) is 0 Å². The lowest BCUT2D eigenvalue weighted by Crippen LogP contribution is -2.28. The van der Waals surface area contributed by atoms with Crippen molar-refractivity contribution < 1.29 is 9.13 Å².